The van der Waals surface area contributed by atoms with E-state index in [-0.39, 0.29) is 18.0 Å². The zero-order valence-electron chi connectivity index (χ0n) is 11.5. The average Bonchev–Trinajstić information content (AvgIpc) is 2.61. The van der Waals surface area contributed by atoms with Crippen molar-refractivity contribution in [2.75, 3.05) is 5.32 Å². The van der Waals surface area contributed by atoms with E-state index in [4.69, 9.17) is 11.6 Å². The summed E-state index contributed by atoms with van der Waals surface area (Å²) in [6.45, 7) is 3.73. The van der Waals surface area contributed by atoms with E-state index < -0.39 is 5.82 Å². The van der Waals surface area contributed by atoms with Crippen LogP contribution in [0.15, 0.2) is 18.2 Å². The summed E-state index contributed by atoms with van der Waals surface area (Å²) in [7, 11) is 1.82. The van der Waals surface area contributed by atoms with Crippen LogP contribution in [0, 0.1) is 19.7 Å². The van der Waals surface area contributed by atoms with Gasteiger partial charge in [0.25, 0.3) is 0 Å². The van der Waals surface area contributed by atoms with Crippen molar-refractivity contribution in [3.8, 4) is 0 Å². The summed E-state index contributed by atoms with van der Waals surface area (Å²) >= 11 is 5.78. The van der Waals surface area contributed by atoms with Crippen LogP contribution in [0.1, 0.15) is 17.0 Å². The second-order valence-electron chi connectivity index (χ2n) is 4.62. The SMILES string of the molecule is Cc1nn(C)c(C)c1CC(=O)Nc1cc(Cl)ccc1F. The highest BCUT2D eigenvalue weighted by molar-refractivity contribution is 6.30. The van der Waals surface area contributed by atoms with Crippen molar-refractivity contribution >= 4 is 23.2 Å². The first kappa shape index (κ1) is 14.5. The van der Waals surface area contributed by atoms with E-state index in [1.807, 2.05) is 20.9 Å². The molecule has 6 heteroatoms. The predicted molar refractivity (Wildman–Crippen MR) is 76.4 cm³/mol. The Labute approximate surface area is 121 Å². The van der Waals surface area contributed by atoms with Crippen LogP contribution in [0.2, 0.25) is 5.02 Å². The Morgan fingerprint density at radius 2 is 2.15 bits per heavy atom. The van der Waals surface area contributed by atoms with Crippen LogP contribution in [-0.2, 0) is 18.3 Å². The number of nitrogens with zero attached hydrogens (tertiary/aromatic N) is 2. The van der Waals surface area contributed by atoms with E-state index in [9.17, 15) is 9.18 Å². The Morgan fingerprint density at radius 1 is 1.45 bits per heavy atom. The van der Waals surface area contributed by atoms with Gasteiger partial charge >= 0.3 is 0 Å². The minimum Gasteiger partial charge on any atom is -0.323 e. The second kappa shape index (κ2) is 5.63. The number of hydrogen-bond acceptors (Lipinski definition) is 2. The summed E-state index contributed by atoms with van der Waals surface area (Å²) in [4.78, 5) is 12.0. The van der Waals surface area contributed by atoms with E-state index in [1.54, 1.807) is 4.68 Å². The van der Waals surface area contributed by atoms with Gasteiger partial charge in [0.1, 0.15) is 5.82 Å². The molecule has 0 radical (unpaired) electrons. The Morgan fingerprint density at radius 3 is 2.75 bits per heavy atom. The quantitative estimate of drug-likeness (QED) is 0.946. The van der Waals surface area contributed by atoms with Crippen LogP contribution >= 0.6 is 11.6 Å². The van der Waals surface area contributed by atoms with E-state index in [2.05, 4.69) is 10.4 Å². The molecule has 0 aliphatic carbocycles. The number of aryl methyl sites for hydroxylation is 2. The van der Waals surface area contributed by atoms with Gasteiger partial charge in [-0.1, -0.05) is 11.6 Å². The summed E-state index contributed by atoms with van der Waals surface area (Å²) in [5, 5.41) is 7.14. The summed E-state index contributed by atoms with van der Waals surface area (Å²) in [5.74, 6) is -0.812. The highest BCUT2D eigenvalue weighted by atomic mass is 35.5. The van der Waals surface area contributed by atoms with Crippen LogP contribution in [0.25, 0.3) is 0 Å². The van der Waals surface area contributed by atoms with E-state index in [1.165, 1.54) is 18.2 Å². The topological polar surface area (TPSA) is 46.9 Å². The molecule has 0 atom stereocenters. The molecule has 2 rings (SSSR count). The molecule has 1 amide bonds. The van der Waals surface area contributed by atoms with Gasteiger partial charge in [-0.25, -0.2) is 4.39 Å². The van der Waals surface area contributed by atoms with E-state index in [0.29, 0.717) is 5.02 Å². The lowest BCUT2D eigenvalue weighted by Gasteiger charge is -2.07. The first-order valence-corrected chi connectivity index (χ1v) is 6.50. The van der Waals surface area contributed by atoms with Gasteiger partial charge in [-0.05, 0) is 32.0 Å². The zero-order chi connectivity index (χ0) is 14.9. The largest absolute Gasteiger partial charge is 0.323 e. The molecule has 0 aliphatic rings. The molecule has 0 spiro atoms. The molecule has 1 heterocycles. The Hall–Kier alpha value is -1.88. The normalized spacial score (nSPS) is 10.7. The lowest BCUT2D eigenvalue weighted by Crippen LogP contribution is -2.16. The molecule has 1 aromatic heterocycles. The average molecular weight is 296 g/mol. The molecular formula is C14H15ClFN3O. The number of amides is 1. The maximum absolute atomic E-state index is 13.5. The number of nitrogens with one attached hydrogen (secondary N) is 1. The highest BCUT2D eigenvalue weighted by Gasteiger charge is 2.14. The van der Waals surface area contributed by atoms with Crippen LogP contribution in [0.5, 0.6) is 0 Å². The number of aromatic nitrogens is 2. The predicted octanol–water partition coefficient (Wildman–Crippen LogP) is 3.01. The van der Waals surface area contributed by atoms with Gasteiger partial charge in [-0.15, -0.1) is 0 Å². The molecule has 4 nitrogen and oxygen atoms in total. The fourth-order valence-corrected chi connectivity index (χ4v) is 2.19. The monoisotopic (exact) mass is 295 g/mol. The molecule has 106 valence electrons. The molecule has 0 bridgehead atoms. The number of hydrogen-bond donors (Lipinski definition) is 1. The van der Waals surface area contributed by atoms with Crippen LogP contribution in [0.4, 0.5) is 10.1 Å². The van der Waals surface area contributed by atoms with Crippen molar-refractivity contribution in [3.05, 3.63) is 46.0 Å². The first-order chi connectivity index (χ1) is 9.38. The van der Waals surface area contributed by atoms with Gasteiger partial charge in [-0.2, -0.15) is 5.10 Å². The first-order valence-electron chi connectivity index (χ1n) is 6.12. The maximum atomic E-state index is 13.5. The molecular weight excluding hydrogens is 281 g/mol. The summed E-state index contributed by atoms with van der Waals surface area (Å²) < 4.78 is 15.3. The van der Waals surface area contributed by atoms with E-state index in [0.717, 1.165) is 17.0 Å². The van der Waals surface area contributed by atoms with Crippen LogP contribution in [0.3, 0.4) is 0 Å². The van der Waals surface area contributed by atoms with Crippen molar-refractivity contribution in [1.29, 1.82) is 0 Å². The highest BCUT2D eigenvalue weighted by Crippen LogP contribution is 2.20. The fraction of sp³-hybridized carbons (Fsp3) is 0.286. The third kappa shape index (κ3) is 2.99. The number of anilines is 1. The fourth-order valence-electron chi connectivity index (χ4n) is 2.02. The Balaban J connectivity index is 2.15. The van der Waals surface area contributed by atoms with Gasteiger partial charge in [-0.3, -0.25) is 9.48 Å². The molecule has 0 unspecified atom stereocenters. The lowest BCUT2D eigenvalue weighted by molar-refractivity contribution is -0.115. The number of halogens is 2. The summed E-state index contributed by atoms with van der Waals surface area (Å²) in [5.41, 5.74) is 2.66. The van der Waals surface area contributed by atoms with Crippen molar-refractivity contribution < 1.29 is 9.18 Å². The Bertz CT molecular complexity index is 667. The lowest BCUT2D eigenvalue weighted by atomic mass is 10.1. The third-order valence-electron chi connectivity index (χ3n) is 3.20. The van der Waals surface area contributed by atoms with Crippen molar-refractivity contribution in [2.45, 2.75) is 20.3 Å². The molecule has 1 aromatic carbocycles. The second-order valence-corrected chi connectivity index (χ2v) is 5.06. The molecule has 2 aromatic rings. The summed E-state index contributed by atoms with van der Waals surface area (Å²) in [6.07, 6.45) is 0.150. The van der Waals surface area contributed by atoms with Crippen molar-refractivity contribution in [3.63, 3.8) is 0 Å². The summed E-state index contributed by atoms with van der Waals surface area (Å²) in [6, 6.07) is 4.04. The minimum absolute atomic E-state index is 0.0849. The standard InChI is InChI=1S/C14H15ClFN3O/c1-8-11(9(2)19(3)18-8)7-14(20)17-13-6-10(15)4-5-12(13)16/h4-6H,7H2,1-3H3,(H,17,20). The number of carbonyl (C=O) groups is 1. The van der Waals surface area contributed by atoms with Gasteiger partial charge in [0, 0.05) is 23.3 Å². The zero-order valence-corrected chi connectivity index (χ0v) is 12.3. The molecule has 0 fully saturated rings. The van der Waals surface area contributed by atoms with E-state index >= 15 is 0 Å². The molecule has 0 aliphatic heterocycles. The molecule has 0 saturated heterocycles. The van der Waals surface area contributed by atoms with Gasteiger partial charge < -0.3 is 5.32 Å². The van der Waals surface area contributed by atoms with Crippen LogP contribution in [-0.4, -0.2) is 15.7 Å². The van der Waals surface area contributed by atoms with Crippen LogP contribution < -0.4 is 5.32 Å². The number of carbonyl (C=O) groups excluding carboxylic acids is 1. The number of benzene rings is 1. The van der Waals surface area contributed by atoms with Crippen molar-refractivity contribution in [1.82, 2.24) is 9.78 Å². The number of rotatable bonds is 3. The maximum Gasteiger partial charge on any atom is 0.229 e. The van der Waals surface area contributed by atoms with Gasteiger partial charge in [0.15, 0.2) is 0 Å². The molecule has 20 heavy (non-hydrogen) atoms. The minimum atomic E-state index is -0.512. The third-order valence-corrected chi connectivity index (χ3v) is 3.43. The van der Waals surface area contributed by atoms with Crippen molar-refractivity contribution in [2.24, 2.45) is 7.05 Å². The molecule has 1 N–H and O–H groups in total. The smallest absolute Gasteiger partial charge is 0.229 e. The Kier molecular flexibility index (Phi) is 4.09. The van der Waals surface area contributed by atoms with Gasteiger partial charge in [0.2, 0.25) is 5.91 Å². The molecule has 0 saturated carbocycles. The van der Waals surface area contributed by atoms with Gasteiger partial charge in [0.05, 0.1) is 17.8 Å².